The Labute approximate surface area is 86.9 Å². The van der Waals surface area contributed by atoms with Gasteiger partial charge in [0.05, 0.1) is 0 Å². The van der Waals surface area contributed by atoms with Crippen molar-refractivity contribution in [3.05, 3.63) is 21.8 Å². The molecule has 1 unspecified atom stereocenters. The highest BCUT2D eigenvalue weighted by Gasteiger charge is 2.19. The van der Waals surface area contributed by atoms with Crippen molar-refractivity contribution >= 4 is 37.4 Å². The Morgan fingerprint density at radius 2 is 2.46 bits per heavy atom. The summed E-state index contributed by atoms with van der Waals surface area (Å²) < 4.78 is 2.63. The fraction of sp³-hybridized carbons (Fsp3) is 0.250. The van der Waals surface area contributed by atoms with E-state index in [2.05, 4.69) is 30.3 Å². The monoisotopic (exact) mass is 258 g/mol. The van der Waals surface area contributed by atoms with Crippen LogP contribution in [0.2, 0.25) is 0 Å². The second-order valence-electron chi connectivity index (χ2n) is 2.91. The van der Waals surface area contributed by atoms with E-state index in [9.17, 15) is 4.79 Å². The third kappa shape index (κ3) is 1.49. The van der Waals surface area contributed by atoms with E-state index in [1.165, 1.54) is 0 Å². The lowest BCUT2D eigenvalue weighted by atomic mass is 10.2. The summed E-state index contributed by atoms with van der Waals surface area (Å²) in [7, 11) is 2.62. The maximum Gasteiger partial charge on any atom is 0.152 e. The molecule has 0 saturated heterocycles. The predicted molar refractivity (Wildman–Crippen MR) is 58.1 cm³/mol. The fourth-order valence-electron chi connectivity index (χ4n) is 1.40. The van der Waals surface area contributed by atoms with Crippen molar-refractivity contribution < 1.29 is 4.79 Å². The quantitative estimate of drug-likeness (QED) is 0.438. The molecule has 0 bridgehead atoms. The Bertz CT molecular complexity index is 369. The molecule has 1 aliphatic rings. The van der Waals surface area contributed by atoms with E-state index in [1.54, 1.807) is 0 Å². The largest absolute Gasteiger partial charge is 0.341 e. The zero-order valence-corrected chi connectivity index (χ0v) is 9.57. The number of fused-ring (bicyclic) bond motifs is 1. The second-order valence-corrected chi connectivity index (χ2v) is 4.29. The van der Waals surface area contributed by atoms with Gasteiger partial charge in [0.2, 0.25) is 0 Å². The SMILES string of the molecule is O=Cc1cc2c(nc1Br)N(P)CC2. The highest BCUT2D eigenvalue weighted by atomic mass is 79.9. The third-order valence-electron chi connectivity index (χ3n) is 2.08. The molecule has 1 aromatic rings. The average Bonchev–Trinajstić information content (AvgIpc) is 2.47. The van der Waals surface area contributed by atoms with Crippen molar-refractivity contribution in [2.75, 3.05) is 11.2 Å². The first-order valence-corrected chi connectivity index (χ1v) is 5.20. The number of rotatable bonds is 1. The van der Waals surface area contributed by atoms with Gasteiger partial charge in [0.15, 0.2) is 6.29 Å². The maximum absolute atomic E-state index is 10.6. The van der Waals surface area contributed by atoms with E-state index in [0.29, 0.717) is 10.2 Å². The van der Waals surface area contributed by atoms with Gasteiger partial charge in [0.1, 0.15) is 10.4 Å². The maximum atomic E-state index is 10.6. The first kappa shape index (κ1) is 9.10. The number of nitrogens with zero attached hydrogens (tertiary/aromatic N) is 2. The van der Waals surface area contributed by atoms with Crippen LogP contribution in [-0.2, 0) is 6.42 Å². The molecule has 0 aliphatic carbocycles. The molecule has 0 saturated carbocycles. The van der Waals surface area contributed by atoms with Gasteiger partial charge in [-0.15, -0.1) is 0 Å². The van der Waals surface area contributed by atoms with Gasteiger partial charge in [-0.25, -0.2) is 4.98 Å². The van der Waals surface area contributed by atoms with Gasteiger partial charge in [0.25, 0.3) is 0 Å². The number of carbonyl (C=O) groups is 1. The minimum Gasteiger partial charge on any atom is -0.341 e. The molecule has 0 amide bonds. The summed E-state index contributed by atoms with van der Waals surface area (Å²) in [4.78, 5) is 14.9. The Hall–Kier alpha value is -0.470. The number of anilines is 1. The summed E-state index contributed by atoms with van der Waals surface area (Å²) in [5, 5.41) is 0. The fourth-order valence-corrected chi connectivity index (χ4v) is 2.13. The van der Waals surface area contributed by atoms with E-state index in [1.807, 2.05) is 10.7 Å². The van der Waals surface area contributed by atoms with Crippen molar-refractivity contribution in [2.45, 2.75) is 6.42 Å². The average molecular weight is 259 g/mol. The molecule has 0 N–H and O–H groups in total. The van der Waals surface area contributed by atoms with Crippen LogP contribution >= 0.6 is 25.3 Å². The molecule has 0 spiro atoms. The minimum absolute atomic E-state index is 0.621. The van der Waals surface area contributed by atoms with Crippen LogP contribution in [0.5, 0.6) is 0 Å². The molecular formula is C8H8BrN2OP. The van der Waals surface area contributed by atoms with Crippen molar-refractivity contribution in [1.82, 2.24) is 4.98 Å². The molecular weight excluding hydrogens is 251 g/mol. The number of hydrogen-bond acceptors (Lipinski definition) is 3. The summed E-state index contributed by atoms with van der Waals surface area (Å²) in [5.41, 5.74) is 1.76. The van der Waals surface area contributed by atoms with Crippen LogP contribution in [0.25, 0.3) is 0 Å². The first-order chi connectivity index (χ1) is 6.22. The van der Waals surface area contributed by atoms with Crippen molar-refractivity contribution in [3.8, 4) is 0 Å². The standard InChI is InChI=1S/C8H8BrN2OP/c9-7-6(4-12)3-5-1-2-11(13)8(5)10-7/h3-4H,1-2,13H2. The van der Waals surface area contributed by atoms with E-state index in [-0.39, 0.29) is 0 Å². The van der Waals surface area contributed by atoms with Crippen molar-refractivity contribution in [2.24, 2.45) is 0 Å². The van der Waals surface area contributed by atoms with Crippen LogP contribution in [0.15, 0.2) is 10.7 Å². The van der Waals surface area contributed by atoms with Gasteiger partial charge in [-0.2, -0.15) is 0 Å². The lowest BCUT2D eigenvalue weighted by molar-refractivity contribution is 0.112. The Morgan fingerprint density at radius 1 is 1.69 bits per heavy atom. The van der Waals surface area contributed by atoms with Crippen molar-refractivity contribution in [3.63, 3.8) is 0 Å². The van der Waals surface area contributed by atoms with Crippen LogP contribution in [0, 0.1) is 0 Å². The lowest BCUT2D eigenvalue weighted by Gasteiger charge is -2.10. The van der Waals surface area contributed by atoms with E-state index in [0.717, 1.165) is 30.6 Å². The molecule has 1 aliphatic heterocycles. The van der Waals surface area contributed by atoms with E-state index in [4.69, 9.17) is 0 Å². The van der Waals surface area contributed by atoms with Crippen LogP contribution in [-0.4, -0.2) is 17.8 Å². The summed E-state index contributed by atoms with van der Waals surface area (Å²) in [5.74, 6) is 0.947. The Morgan fingerprint density at radius 3 is 3.15 bits per heavy atom. The van der Waals surface area contributed by atoms with Gasteiger partial charge >= 0.3 is 0 Å². The number of carbonyl (C=O) groups excluding carboxylic acids is 1. The molecule has 13 heavy (non-hydrogen) atoms. The normalized spacial score (nSPS) is 14.5. The summed E-state index contributed by atoms with van der Waals surface area (Å²) in [6.45, 7) is 0.946. The highest BCUT2D eigenvalue weighted by molar-refractivity contribution is 9.10. The van der Waals surface area contributed by atoms with Crippen LogP contribution in [0.1, 0.15) is 15.9 Å². The summed E-state index contributed by atoms with van der Waals surface area (Å²) in [6, 6.07) is 1.89. The molecule has 1 aromatic heterocycles. The number of hydrogen-bond donors (Lipinski definition) is 0. The topological polar surface area (TPSA) is 33.2 Å². The van der Waals surface area contributed by atoms with Gasteiger partial charge < -0.3 is 4.67 Å². The van der Waals surface area contributed by atoms with E-state index < -0.39 is 0 Å². The number of aldehydes is 1. The molecule has 68 valence electrons. The molecule has 2 rings (SSSR count). The van der Waals surface area contributed by atoms with Crippen LogP contribution < -0.4 is 4.67 Å². The second kappa shape index (κ2) is 3.35. The smallest absolute Gasteiger partial charge is 0.152 e. The van der Waals surface area contributed by atoms with Crippen molar-refractivity contribution in [1.29, 1.82) is 0 Å². The van der Waals surface area contributed by atoms with Gasteiger partial charge in [-0.05, 0) is 43.4 Å². The predicted octanol–water partition coefficient (Wildman–Crippen LogP) is 1.81. The van der Waals surface area contributed by atoms with Crippen LogP contribution in [0.4, 0.5) is 5.82 Å². The number of halogens is 1. The Balaban J connectivity index is 2.56. The molecule has 1 atom stereocenters. The minimum atomic E-state index is 0.621. The first-order valence-electron chi connectivity index (χ1n) is 3.89. The number of pyridine rings is 1. The molecule has 5 heteroatoms. The molecule has 0 aromatic carbocycles. The van der Waals surface area contributed by atoms with Crippen LogP contribution in [0.3, 0.4) is 0 Å². The summed E-state index contributed by atoms with van der Waals surface area (Å²) >= 11 is 3.26. The lowest BCUT2D eigenvalue weighted by Crippen LogP contribution is -2.05. The van der Waals surface area contributed by atoms with Gasteiger partial charge in [0, 0.05) is 12.1 Å². The highest BCUT2D eigenvalue weighted by Crippen LogP contribution is 2.31. The summed E-state index contributed by atoms with van der Waals surface area (Å²) in [6.07, 6.45) is 1.78. The van der Waals surface area contributed by atoms with Gasteiger partial charge in [-0.1, -0.05) is 0 Å². The molecule has 2 heterocycles. The third-order valence-corrected chi connectivity index (χ3v) is 3.22. The molecule has 3 nitrogen and oxygen atoms in total. The van der Waals surface area contributed by atoms with E-state index >= 15 is 0 Å². The zero-order valence-electron chi connectivity index (χ0n) is 6.83. The zero-order chi connectivity index (χ0) is 9.42. The number of aromatic nitrogens is 1. The van der Waals surface area contributed by atoms with Gasteiger partial charge in [-0.3, -0.25) is 4.79 Å². The molecule has 0 radical (unpaired) electrons. The molecule has 0 fully saturated rings. The Kier molecular flexibility index (Phi) is 2.35.